The van der Waals surface area contributed by atoms with Crippen molar-refractivity contribution in [2.75, 3.05) is 7.11 Å². The van der Waals surface area contributed by atoms with Gasteiger partial charge in [0.05, 0.1) is 18.7 Å². The second kappa shape index (κ2) is 5.25. The highest BCUT2D eigenvalue weighted by molar-refractivity contribution is 6.32. The van der Waals surface area contributed by atoms with Gasteiger partial charge in [-0.15, -0.1) is 0 Å². The molecule has 0 amide bonds. The van der Waals surface area contributed by atoms with Gasteiger partial charge in [-0.1, -0.05) is 11.6 Å². The number of benzene rings is 1. The maximum atomic E-state index is 12.1. The lowest BCUT2D eigenvalue weighted by Gasteiger charge is -2.04. The van der Waals surface area contributed by atoms with Crippen LogP contribution in [0.25, 0.3) is 0 Å². The van der Waals surface area contributed by atoms with E-state index in [0.717, 1.165) is 0 Å². The van der Waals surface area contributed by atoms with Gasteiger partial charge in [-0.25, -0.2) is 0 Å². The molecule has 0 unspecified atom stereocenters. The molecule has 0 bridgehead atoms. The fourth-order valence-corrected chi connectivity index (χ4v) is 1.82. The number of hydrogen-bond donors (Lipinski definition) is 1. The Morgan fingerprint density at radius 2 is 2.17 bits per heavy atom. The number of ketones is 1. The lowest BCUT2D eigenvalue weighted by molar-refractivity contribution is 0.101. The van der Waals surface area contributed by atoms with Gasteiger partial charge in [0.25, 0.3) is 0 Å². The molecule has 1 aromatic heterocycles. The highest BCUT2D eigenvalue weighted by Crippen LogP contribution is 2.26. The molecule has 0 saturated heterocycles. The summed E-state index contributed by atoms with van der Waals surface area (Å²) in [5, 5.41) is 0.383. The third-order valence-electron chi connectivity index (χ3n) is 2.50. The van der Waals surface area contributed by atoms with Crippen molar-refractivity contribution in [2.24, 2.45) is 5.73 Å². The van der Waals surface area contributed by atoms with E-state index in [2.05, 4.69) is 0 Å². The predicted molar refractivity (Wildman–Crippen MR) is 68.0 cm³/mol. The lowest BCUT2D eigenvalue weighted by Crippen LogP contribution is -2.00. The first-order valence-electron chi connectivity index (χ1n) is 5.32. The van der Waals surface area contributed by atoms with Gasteiger partial charge in [0, 0.05) is 5.56 Å². The SMILES string of the molecule is COc1ccc(C(=O)c2ccc(CN)o2)cc1Cl. The van der Waals surface area contributed by atoms with Crippen molar-refractivity contribution in [3.8, 4) is 5.75 Å². The smallest absolute Gasteiger partial charge is 0.228 e. The molecule has 1 aromatic carbocycles. The first-order chi connectivity index (χ1) is 8.65. The van der Waals surface area contributed by atoms with Crippen molar-refractivity contribution in [1.82, 2.24) is 0 Å². The Bertz CT molecular complexity index is 577. The summed E-state index contributed by atoms with van der Waals surface area (Å²) in [7, 11) is 1.52. The van der Waals surface area contributed by atoms with Gasteiger partial charge in [-0.05, 0) is 30.3 Å². The van der Waals surface area contributed by atoms with Crippen LogP contribution in [0.2, 0.25) is 5.02 Å². The minimum Gasteiger partial charge on any atom is -0.495 e. The zero-order chi connectivity index (χ0) is 13.1. The van der Waals surface area contributed by atoms with Crippen LogP contribution in [0.5, 0.6) is 5.75 Å². The summed E-state index contributed by atoms with van der Waals surface area (Å²) in [6.07, 6.45) is 0. The normalized spacial score (nSPS) is 10.4. The third-order valence-corrected chi connectivity index (χ3v) is 2.80. The molecule has 0 aliphatic heterocycles. The van der Waals surface area contributed by atoms with E-state index < -0.39 is 0 Å². The number of carbonyl (C=O) groups excluding carboxylic acids is 1. The summed E-state index contributed by atoms with van der Waals surface area (Å²) in [5.41, 5.74) is 5.86. The molecule has 4 nitrogen and oxygen atoms in total. The molecule has 0 fully saturated rings. The summed E-state index contributed by atoms with van der Waals surface area (Å²) < 4.78 is 10.3. The maximum absolute atomic E-state index is 12.1. The van der Waals surface area contributed by atoms with E-state index in [1.807, 2.05) is 0 Å². The minimum atomic E-state index is -0.237. The van der Waals surface area contributed by atoms with Crippen molar-refractivity contribution in [1.29, 1.82) is 0 Å². The Hall–Kier alpha value is -1.78. The molecular formula is C13H12ClNO3. The Balaban J connectivity index is 2.31. The van der Waals surface area contributed by atoms with Crippen LogP contribution in [0.15, 0.2) is 34.7 Å². The Kier molecular flexibility index (Phi) is 3.69. The minimum absolute atomic E-state index is 0.237. The van der Waals surface area contributed by atoms with Crippen LogP contribution < -0.4 is 10.5 Å². The van der Waals surface area contributed by atoms with Gasteiger partial charge in [0.1, 0.15) is 11.5 Å². The van der Waals surface area contributed by atoms with Gasteiger partial charge in [-0.3, -0.25) is 4.79 Å². The first kappa shape index (κ1) is 12.7. The zero-order valence-corrected chi connectivity index (χ0v) is 10.5. The van der Waals surface area contributed by atoms with E-state index in [4.69, 9.17) is 26.5 Å². The van der Waals surface area contributed by atoms with Gasteiger partial charge < -0.3 is 14.9 Å². The van der Waals surface area contributed by atoms with E-state index in [9.17, 15) is 4.79 Å². The average Bonchev–Trinajstić information content (AvgIpc) is 2.86. The second-order valence-electron chi connectivity index (χ2n) is 3.65. The van der Waals surface area contributed by atoms with Crippen LogP contribution in [0.4, 0.5) is 0 Å². The quantitative estimate of drug-likeness (QED) is 0.863. The van der Waals surface area contributed by atoms with Gasteiger partial charge >= 0.3 is 0 Å². The monoisotopic (exact) mass is 265 g/mol. The topological polar surface area (TPSA) is 65.5 Å². The van der Waals surface area contributed by atoms with Gasteiger partial charge in [-0.2, -0.15) is 0 Å². The molecule has 0 radical (unpaired) electrons. The summed E-state index contributed by atoms with van der Waals surface area (Å²) in [5.74, 6) is 1.10. The Morgan fingerprint density at radius 1 is 1.39 bits per heavy atom. The molecule has 0 aliphatic rings. The fraction of sp³-hybridized carbons (Fsp3) is 0.154. The van der Waals surface area contributed by atoms with Crippen LogP contribution in [0.1, 0.15) is 21.9 Å². The number of carbonyl (C=O) groups is 1. The number of halogens is 1. The van der Waals surface area contributed by atoms with E-state index in [1.165, 1.54) is 7.11 Å². The molecular weight excluding hydrogens is 254 g/mol. The zero-order valence-electron chi connectivity index (χ0n) is 9.77. The largest absolute Gasteiger partial charge is 0.495 e. The first-order valence-corrected chi connectivity index (χ1v) is 5.70. The molecule has 18 heavy (non-hydrogen) atoms. The molecule has 0 atom stereocenters. The highest BCUT2D eigenvalue weighted by atomic mass is 35.5. The van der Waals surface area contributed by atoms with Gasteiger partial charge in [0.15, 0.2) is 5.76 Å². The third kappa shape index (κ3) is 2.39. The maximum Gasteiger partial charge on any atom is 0.228 e. The lowest BCUT2D eigenvalue weighted by atomic mass is 10.1. The molecule has 2 aromatic rings. The Labute approximate surface area is 109 Å². The van der Waals surface area contributed by atoms with E-state index in [0.29, 0.717) is 22.1 Å². The Morgan fingerprint density at radius 3 is 2.72 bits per heavy atom. The van der Waals surface area contributed by atoms with Crippen LogP contribution in [0.3, 0.4) is 0 Å². The van der Waals surface area contributed by atoms with Crippen molar-refractivity contribution >= 4 is 17.4 Å². The van der Waals surface area contributed by atoms with Crippen LogP contribution in [0, 0.1) is 0 Å². The van der Waals surface area contributed by atoms with Gasteiger partial charge in [0.2, 0.25) is 5.78 Å². The average molecular weight is 266 g/mol. The van der Waals surface area contributed by atoms with Crippen LogP contribution >= 0.6 is 11.6 Å². The number of furan rings is 1. The number of nitrogens with two attached hydrogens (primary N) is 1. The number of methoxy groups -OCH3 is 1. The molecule has 1 heterocycles. The molecule has 0 spiro atoms. The molecule has 2 N–H and O–H groups in total. The summed E-state index contributed by atoms with van der Waals surface area (Å²) >= 11 is 5.97. The van der Waals surface area contributed by atoms with Crippen molar-refractivity contribution in [2.45, 2.75) is 6.54 Å². The van der Waals surface area contributed by atoms with Crippen molar-refractivity contribution in [3.05, 3.63) is 52.4 Å². The molecule has 94 valence electrons. The van der Waals surface area contributed by atoms with Crippen molar-refractivity contribution < 1.29 is 13.9 Å². The summed E-state index contributed by atoms with van der Waals surface area (Å²) in [4.78, 5) is 12.1. The highest BCUT2D eigenvalue weighted by Gasteiger charge is 2.15. The molecule has 5 heteroatoms. The fourth-order valence-electron chi connectivity index (χ4n) is 1.56. The second-order valence-corrected chi connectivity index (χ2v) is 4.06. The number of rotatable bonds is 4. The summed E-state index contributed by atoms with van der Waals surface area (Å²) in [6.45, 7) is 0.261. The standard InChI is InChI=1S/C13H12ClNO3/c1-17-11-4-2-8(6-10(11)14)13(16)12-5-3-9(7-15)18-12/h2-6H,7,15H2,1H3. The van der Waals surface area contributed by atoms with E-state index in [-0.39, 0.29) is 18.1 Å². The number of ether oxygens (including phenoxy) is 1. The number of hydrogen-bond acceptors (Lipinski definition) is 4. The predicted octanol–water partition coefficient (Wildman–Crippen LogP) is 2.63. The molecule has 0 aliphatic carbocycles. The summed E-state index contributed by atoms with van der Waals surface area (Å²) in [6, 6.07) is 8.11. The van der Waals surface area contributed by atoms with Crippen LogP contribution in [-0.4, -0.2) is 12.9 Å². The van der Waals surface area contributed by atoms with E-state index >= 15 is 0 Å². The van der Waals surface area contributed by atoms with Crippen LogP contribution in [-0.2, 0) is 6.54 Å². The molecule has 0 saturated carbocycles. The van der Waals surface area contributed by atoms with Crippen molar-refractivity contribution in [3.63, 3.8) is 0 Å². The van der Waals surface area contributed by atoms with E-state index in [1.54, 1.807) is 30.3 Å². The molecule has 2 rings (SSSR count).